The molecule has 0 aliphatic carbocycles. The van der Waals surface area contributed by atoms with Gasteiger partial charge in [-0.15, -0.1) is 11.3 Å². The SMILES string of the molecule is O=C(c1ccccc1Oc1ccccc1)N1CCSC(c2cccs2)CC1. The fourth-order valence-corrected chi connectivity index (χ4v) is 5.43. The van der Waals surface area contributed by atoms with Crippen LogP contribution in [0.25, 0.3) is 0 Å². The quantitative estimate of drug-likeness (QED) is 0.554. The third-order valence-corrected chi connectivity index (χ3v) is 7.02. The van der Waals surface area contributed by atoms with Crippen LogP contribution >= 0.6 is 23.1 Å². The minimum Gasteiger partial charge on any atom is -0.457 e. The first-order valence-electron chi connectivity index (χ1n) is 9.07. The van der Waals surface area contributed by atoms with Gasteiger partial charge in [0.05, 0.1) is 5.56 Å². The Hall–Kier alpha value is -2.24. The molecule has 2 aromatic carbocycles. The molecule has 27 heavy (non-hydrogen) atoms. The highest BCUT2D eigenvalue weighted by atomic mass is 32.2. The number of carbonyl (C=O) groups is 1. The zero-order chi connectivity index (χ0) is 18.5. The second-order valence-corrected chi connectivity index (χ2v) is 8.66. The number of rotatable bonds is 4. The molecule has 4 rings (SSSR count). The number of thiophene rings is 1. The van der Waals surface area contributed by atoms with Crippen molar-refractivity contribution >= 4 is 29.0 Å². The molecule has 1 saturated heterocycles. The molecule has 3 nitrogen and oxygen atoms in total. The van der Waals surface area contributed by atoms with Crippen molar-refractivity contribution in [2.24, 2.45) is 0 Å². The molecule has 5 heteroatoms. The Bertz CT molecular complexity index is 880. The first kappa shape index (κ1) is 18.1. The summed E-state index contributed by atoms with van der Waals surface area (Å²) in [6.07, 6.45) is 0.985. The van der Waals surface area contributed by atoms with Crippen LogP contribution in [0, 0.1) is 0 Å². The van der Waals surface area contributed by atoms with Gasteiger partial charge in [-0.05, 0) is 42.1 Å². The van der Waals surface area contributed by atoms with Crippen molar-refractivity contribution in [3.8, 4) is 11.5 Å². The Balaban J connectivity index is 1.49. The highest BCUT2D eigenvalue weighted by Crippen LogP contribution is 2.37. The Labute approximate surface area is 168 Å². The Morgan fingerprint density at radius 3 is 2.59 bits per heavy atom. The van der Waals surface area contributed by atoms with Crippen LogP contribution in [-0.2, 0) is 0 Å². The van der Waals surface area contributed by atoms with Crippen LogP contribution in [0.2, 0.25) is 0 Å². The van der Waals surface area contributed by atoms with E-state index in [2.05, 4.69) is 17.5 Å². The van der Waals surface area contributed by atoms with Gasteiger partial charge in [-0.3, -0.25) is 4.79 Å². The summed E-state index contributed by atoms with van der Waals surface area (Å²) in [5, 5.41) is 2.61. The maximum Gasteiger partial charge on any atom is 0.257 e. The number of nitrogens with zero attached hydrogens (tertiary/aromatic N) is 1. The van der Waals surface area contributed by atoms with Crippen molar-refractivity contribution in [2.75, 3.05) is 18.8 Å². The maximum atomic E-state index is 13.2. The van der Waals surface area contributed by atoms with Gasteiger partial charge in [0.1, 0.15) is 11.5 Å². The van der Waals surface area contributed by atoms with E-state index in [1.165, 1.54) is 4.88 Å². The van der Waals surface area contributed by atoms with E-state index in [9.17, 15) is 4.79 Å². The molecule has 1 aromatic heterocycles. The average molecular weight is 396 g/mol. The van der Waals surface area contributed by atoms with Gasteiger partial charge in [0.15, 0.2) is 0 Å². The van der Waals surface area contributed by atoms with Gasteiger partial charge in [-0.25, -0.2) is 0 Å². The summed E-state index contributed by atoms with van der Waals surface area (Å²) in [4.78, 5) is 16.6. The minimum absolute atomic E-state index is 0.0500. The number of hydrogen-bond donors (Lipinski definition) is 0. The fourth-order valence-electron chi connectivity index (χ4n) is 3.19. The summed E-state index contributed by atoms with van der Waals surface area (Å²) in [6.45, 7) is 1.54. The van der Waals surface area contributed by atoms with E-state index in [4.69, 9.17) is 4.74 Å². The van der Waals surface area contributed by atoms with Crippen molar-refractivity contribution in [3.63, 3.8) is 0 Å². The van der Waals surface area contributed by atoms with Crippen LogP contribution in [0.1, 0.15) is 26.9 Å². The summed E-state index contributed by atoms with van der Waals surface area (Å²) in [5.41, 5.74) is 0.626. The van der Waals surface area contributed by atoms with E-state index in [-0.39, 0.29) is 5.91 Å². The highest BCUT2D eigenvalue weighted by molar-refractivity contribution is 7.99. The number of ether oxygens (including phenoxy) is 1. The molecule has 2 heterocycles. The molecule has 1 aliphatic heterocycles. The van der Waals surface area contributed by atoms with E-state index < -0.39 is 0 Å². The first-order valence-corrected chi connectivity index (χ1v) is 11.0. The van der Waals surface area contributed by atoms with Crippen LogP contribution < -0.4 is 4.74 Å². The minimum atomic E-state index is 0.0500. The van der Waals surface area contributed by atoms with Gasteiger partial charge in [0.25, 0.3) is 5.91 Å². The average Bonchev–Trinajstić information content (AvgIpc) is 3.13. The molecular weight excluding hydrogens is 374 g/mol. The Kier molecular flexibility index (Phi) is 5.80. The predicted octanol–water partition coefficient (Wildman–Crippen LogP) is 5.86. The third-order valence-electron chi connectivity index (χ3n) is 4.58. The van der Waals surface area contributed by atoms with Crippen molar-refractivity contribution in [1.82, 2.24) is 4.90 Å². The van der Waals surface area contributed by atoms with Crippen molar-refractivity contribution in [2.45, 2.75) is 11.7 Å². The smallest absolute Gasteiger partial charge is 0.257 e. The van der Waals surface area contributed by atoms with E-state index >= 15 is 0 Å². The number of para-hydroxylation sites is 2. The van der Waals surface area contributed by atoms with Crippen molar-refractivity contribution < 1.29 is 9.53 Å². The van der Waals surface area contributed by atoms with Gasteiger partial charge in [-0.2, -0.15) is 11.8 Å². The normalized spacial score (nSPS) is 17.3. The lowest BCUT2D eigenvalue weighted by Crippen LogP contribution is -2.33. The van der Waals surface area contributed by atoms with Crippen molar-refractivity contribution in [1.29, 1.82) is 0 Å². The van der Waals surface area contributed by atoms with Gasteiger partial charge >= 0.3 is 0 Å². The molecule has 1 aliphatic rings. The molecule has 0 saturated carbocycles. The summed E-state index contributed by atoms with van der Waals surface area (Å²) >= 11 is 3.75. The summed E-state index contributed by atoms with van der Waals surface area (Å²) < 4.78 is 5.98. The molecule has 1 amide bonds. The lowest BCUT2D eigenvalue weighted by Gasteiger charge is -2.21. The molecule has 0 radical (unpaired) electrons. The van der Waals surface area contributed by atoms with E-state index in [0.717, 1.165) is 31.0 Å². The first-order chi connectivity index (χ1) is 13.3. The Morgan fingerprint density at radius 2 is 1.78 bits per heavy atom. The fraction of sp³-hybridized carbons (Fsp3) is 0.227. The number of benzene rings is 2. The third kappa shape index (κ3) is 4.37. The molecular formula is C22H21NO2S2. The predicted molar refractivity (Wildman–Crippen MR) is 113 cm³/mol. The second-order valence-electron chi connectivity index (χ2n) is 6.37. The zero-order valence-corrected chi connectivity index (χ0v) is 16.5. The largest absolute Gasteiger partial charge is 0.457 e. The number of carbonyl (C=O) groups excluding carboxylic acids is 1. The van der Waals surface area contributed by atoms with Gasteiger partial charge in [0.2, 0.25) is 0 Å². The number of hydrogen-bond acceptors (Lipinski definition) is 4. The lowest BCUT2D eigenvalue weighted by molar-refractivity contribution is 0.0764. The van der Waals surface area contributed by atoms with Crippen LogP contribution in [0.3, 0.4) is 0 Å². The maximum absolute atomic E-state index is 13.2. The molecule has 0 N–H and O–H groups in total. The molecule has 1 fully saturated rings. The topological polar surface area (TPSA) is 29.5 Å². The zero-order valence-electron chi connectivity index (χ0n) is 14.9. The molecule has 0 bridgehead atoms. The second kappa shape index (κ2) is 8.63. The standard InChI is InChI=1S/C22H21NO2S2/c24-22(23-13-12-21(27-16-14-23)20-11-6-15-26-20)18-9-4-5-10-19(18)25-17-7-2-1-3-8-17/h1-11,15,21H,12-14,16H2. The van der Waals surface area contributed by atoms with E-state index in [1.54, 1.807) is 11.3 Å². The van der Waals surface area contributed by atoms with E-state index in [0.29, 0.717) is 16.6 Å². The summed E-state index contributed by atoms with van der Waals surface area (Å²) in [6, 6.07) is 21.4. The Morgan fingerprint density at radius 1 is 0.963 bits per heavy atom. The molecule has 3 aromatic rings. The summed E-state index contributed by atoms with van der Waals surface area (Å²) in [5.74, 6) is 2.35. The van der Waals surface area contributed by atoms with Crippen LogP contribution in [0.5, 0.6) is 11.5 Å². The molecule has 1 unspecified atom stereocenters. The summed E-state index contributed by atoms with van der Waals surface area (Å²) in [7, 11) is 0. The number of thioether (sulfide) groups is 1. The molecule has 1 atom stereocenters. The number of amides is 1. The molecule has 0 spiro atoms. The van der Waals surface area contributed by atoms with Gasteiger partial charge in [0, 0.05) is 29.0 Å². The highest BCUT2D eigenvalue weighted by Gasteiger charge is 2.25. The van der Waals surface area contributed by atoms with Gasteiger partial charge in [-0.1, -0.05) is 36.4 Å². The lowest BCUT2D eigenvalue weighted by atomic mass is 10.1. The van der Waals surface area contributed by atoms with E-state index in [1.807, 2.05) is 71.3 Å². The molecule has 138 valence electrons. The van der Waals surface area contributed by atoms with Crippen molar-refractivity contribution in [3.05, 3.63) is 82.6 Å². The van der Waals surface area contributed by atoms with Gasteiger partial charge < -0.3 is 9.64 Å². The van der Waals surface area contributed by atoms with Crippen LogP contribution in [0.4, 0.5) is 0 Å². The monoisotopic (exact) mass is 395 g/mol. The van der Waals surface area contributed by atoms with Crippen LogP contribution in [0.15, 0.2) is 72.1 Å². The van der Waals surface area contributed by atoms with Crippen LogP contribution in [-0.4, -0.2) is 29.6 Å².